The van der Waals surface area contributed by atoms with Gasteiger partial charge in [0, 0.05) is 0 Å². The highest BCUT2D eigenvalue weighted by atomic mass is 19.4. The predicted molar refractivity (Wildman–Crippen MR) is 52.7 cm³/mol. The highest BCUT2D eigenvalue weighted by Crippen LogP contribution is 2.42. The maximum Gasteiger partial charge on any atom is 0.424 e. The first-order chi connectivity index (χ1) is 7.34. The molecule has 1 aromatic rings. The number of hydrogen-bond donors (Lipinski definition) is 2. The van der Waals surface area contributed by atoms with Gasteiger partial charge >= 0.3 is 6.18 Å². The molecule has 0 saturated carbocycles. The van der Waals surface area contributed by atoms with E-state index in [0.717, 1.165) is 12.1 Å². The molecule has 2 nitrogen and oxygen atoms in total. The third-order valence-electron chi connectivity index (χ3n) is 2.52. The van der Waals surface area contributed by atoms with Crippen molar-refractivity contribution in [2.75, 3.05) is 0 Å². The first-order valence-electron chi connectivity index (χ1n) is 4.86. The van der Waals surface area contributed by atoms with Gasteiger partial charge in [-0.3, -0.25) is 0 Å². The minimum Gasteiger partial charge on any atom is -0.389 e. The maximum atomic E-state index is 12.8. The molecule has 0 radical (unpaired) electrons. The Labute approximate surface area is 91.3 Å². The summed E-state index contributed by atoms with van der Waals surface area (Å²) in [4.78, 5) is 0. The molecule has 0 amide bonds. The number of hydrogen-bond acceptors (Lipinski definition) is 2. The van der Waals surface area contributed by atoms with Crippen molar-refractivity contribution >= 4 is 0 Å². The van der Waals surface area contributed by atoms with Crippen molar-refractivity contribution in [2.45, 2.75) is 31.2 Å². The van der Waals surface area contributed by atoms with E-state index < -0.39 is 17.9 Å². The van der Waals surface area contributed by atoms with Crippen LogP contribution in [0.3, 0.4) is 0 Å². The molecule has 0 fully saturated rings. The van der Waals surface area contributed by atoms with Gasteiger partial charge in [0.15, 0.2) is 0 Å². The zero-order valence-electron chi connectivity index (χ0n) is 8.70. The number of aliphatic hydroxyl groups is 2. The number of rotatable bonds is 3. The lowest BCUT2D eigenvalue weighted by Crippen LogP contribution is -2.51. The fourth-order valence-electron chi connectivity index (χ4n) is 1.53. The minimum atomic E-state index is -4.91. The number of aliphatic hydroxyl groups excluding tert-OH is 1. The van der Waals surface area contributed by atoms with Gasteiger partial charge in [0.2, 0.25) is 5.60 Å². The first kappa shape index (κ1) is 13.0. The van der Waals surface area contributed by atoms with E-state index in [1.807, 2.05) is 0 Å². The average molecular weight is 234 g/mol. The third-order valence-corrected chi connectivity index (χ3v) is 2.52. The Kier molecular flexibility index (Phi) is 3.60. The van der Waals surface area contributed by atoms with Crippen LogP contribution in [0.4, 0.5) is 13.2 Å². The quantitative estimate of drug-likeness (QED) is 0.841. The zero-order chi connectivity index (χ0) is 12.4. The smallest absolute Gasteiger partial charge is 0.389 e. The molecule has 16 heavy (non-hydrogen) atoms. The first-order valence-corrected chi connectivity index (χ1v) is 4.86. The topological polar surface area (TPSA) is 40.5 Å². The van der Waals surface area contributed by atoms with Gasteiger partial charge in [0.25, 0.3) is 0 Å². The summed E-state index contributed by atoms with van der Waals surface area (Å²) in [6, 6.07) is 6.60. The highest BCUT2D eigenvalue weighted by molar-refractivity contribution is 5.25. The van der Waals surface area contributed by atoms with Gasteiger partial charge in [-0.2, -0.15) is 13.2 Å². The van der Waals surface area contributed by atoms with Crippen LogP contribution in [0.2, 0.25) is 0 Å². The molecule has 90 valence electrons. The average Bonchev–Trinajstić information content (AvgIpc) is 2.26. The lowest BCUT2D eigenvalue weighted by atomic mass is 9.86. The van der Waals surface area contributed by atoms with Crippen LogP contribution in [-0.4, -0.2) is 22.5 Å². The largest absolute Gasteiger partial charge is 0.424 e. The Morgan fingerprint density at radius 3 is 2.06 bits per heavy atom. The molecule has 0 aliphatic carbocycles. The van der Waals surface area contributed by atoms with E-state index in [0.29, 0.717) is 0 Å². The van der Waals surface area contributed by atoms with Crippen LogP contribution in [0.25, 0.3) is 0 Å². The SMILES string of the molecule is CC[C@@H](O)[C@@](O)(c1ccccc1)C(F)(F)F. The highest BCUT2D eigenvalue weighted by Gasteiger charge is 2.58. The number of alkyl halides is 3. The van der Waals surface area contributed by atoms with E-state index in [9.17, 15) is 23.4 Å². The maximum absolute atomic E-state index is 12.8. The van der Waals surface area contributed by atoms with Gasteiger partial charge < -0.3 is 10.2 Å². The molecule has 0 spiro atoms. The normalized spacial score (nSPS) is 17.9. The number of benzene rings is 1. The summed E-state index contributed by atoms with van der Waals surface area (Å²) in [5, 5.41) is 19.1. The second kappa shape index (κ2) is 4.43. The van der Waals surface area contributed by atoms with E-state index in [-0.39, 0.29) is 12.0 Å². The number of halogens is 3. The van der Waals surface area contributed by atoms with Crippen LogP contribution in [0, 0.1) is 0 Å². The molecule has 0 aromatic heterocycles. The standard InChI is InChI=1S/C11H13F3O2/c1-2-9(15)10(16,11(12,13)14)8-6-4-3-5-7-8/h3-7,9,15-16H,2H2,1H3/t9-,10+/m1/s1. The van der Waals surface area contributed by atoms with E-state index in [4.69, 9.17) is 0 Å². The summed E-state index contributed by atoms with van der Waals surface area (Å²) in [6.07, 6.45) is -6.98. The van der Waals surface area contributed by atoms with Crippen molar-refractivity contribution < 1.29 is 23.4 Å². The summed E-state index contributed by atoms with van der Waals surface area (Å²) in [6.45, 7) is 1.38. The molecular weight excluding hydrogens is 221 g/mol. The molecule has 0 heterocycles. The minimum absolute atomic E-state index is 0.190. The van der Waals surface area contributed by atoms with Crippen molar-refractivity contribution in [1.29, 1.82) is 0 Å². The second-order valence-electron chi connectivity index (χ2n) is 3.55. The van der Waals surface area contributed by atoms with Crippen molar-refractivity contribution in [3.05, 3.63) is 35.9 Å². The van der Waals surface area contributed by atoms with E-state index in [2.05, 4.69) is 0 Å². The zero-order valence-corrected chi connectivity index (χ0v) is 8.70. The van der Waals surface area contributed by atoms with Crippen LogP contribution in [0.5, 0.6) is 0 Å². The van der Waals surface area contributed by atoms with Gasteiger partial charge in [-0.15, -0.1) is 0 Å². The van der Waals surface area contributed by atoms with E-state index in [1.54, 1.807) is 6.07 Å². The molecule has 1 aromatic carbocycles. The molecule has 0 saturated heterocycles. The molecule has 1 rings (SSSR count). The summed E-state index contributed by atoms with van der Waals surface area (Å²) in [5.41, 5.74) is -3.56. The fourth-order valence-corrected chi connectivity index (χ4v) is 1.53. The van der Waals surface area contributed by atoms with Crippen molar-refractivity contribution in [1.82, 2.24) is 0 Å². The van der Waals surface area contributed by atoms with Gasteiger partial charge in [0.05, 0.1) is 6.10 Å². The van der Waals surface area contributed by atoms with E-state index in [1.165, 1.54) is 19.1 Å². The fraction of sp³-hybridized carbons (Fsp3) is 0.455. The molecule has 2 atom stereocenters. The summed E-state index contributed by atoms with van der Waals surface area (Å²) in [7, 11) is 0. The van der Waals surface area contributed by atoms with Gasteiger partial charge in [-0.05, 0) is 12.0 Å². The van der Waals surface area contributed by atoms with Gasteiger partial charge in [-0.1, -0.05) is 37.3 Å². The van der Waals surface area contributed by atoms with Crippen LogP contribution in [0.1, 0.15) is 18.9 Å². The van der Waals surface area contributed by atoms with Crippen LogP contribution in [-0.2, 0) is 5.60 Å². The molecule has 0 unspecified atom stereocenters. The Morgan fingerprint density at radius 2 is 1.69 bits per heavy atom. The Morgan fingerprint density at radius 1 is 1.19 bits per heavy atom. The summed E-state index contributed by atoms with van der Waals surface area (Å²) in [5.74, 6) is 0. The molecular formula is C11H13F3O2. The summed E-state index contributed by atoms with van der Waals surface area (Å²) < 4.78 is 38.5. The molecule has 5 heteroatoms. The Balaban J connectivity index is 3.26. The Bertz CT molecular complexity index is 337. The second-order valence-corrected chi connectivity index (χ2v) is 3.55. The van der Waals surface area contributed by atoms with Crippen LogP contribution >= 0.6 is 0 Å². The van der Waals surface area contributed by atoms with Crippen LogP contribution in [0.15, 0.2) is 30.3 Å². The van der Waals surface area contributed by atoms with Crippen molar-refractivity contribution in [3.8, 4) is 0 Å². The predicted octanol–water partition coefficient (Wildman–Crippen LogP) is 2.21. The lowest BCUT2D eigenvalue weighted by Gasteiger charge is -2.34. The monoisotopic (exact) mass is 234 g/mol. The molecule has 2 N–H and O–H groups in total. The van der Waals surface area contributed by atoms with Gasteiger partial charge in [0.1, 0.15) is 0 Å². The van der Waals surface area contributed by atoms with Crippen molar-refractivity contribution in [2.24, 2.45) is 0 Å². The van der Waals surface area contributed by atoms with Crippen LogP contribution < -0.4 is 0 Å². The molecule has 0 bridgehead atoms. The van der Waals surface area contributed by atoms with Crippen molar-refractivity contribution in [3.63, 3.8) is 0 Å². The van der Waals surface area contributed by atoms with Gasteiger partial charge in [-0.25, -0.2) is 0 Å². The third kappa shape index (κ3) is 2.05. The molecule has 0 aliphatic heterocycles. The lowest BCUT2D eigenvalue weighted by molar-refractivity contribution is -0.298. The van der Waals surface area contributed by atoms with E-state index >= 15 is 0 Å². The Hall–Kier alpha value is -1.07. The molecule has 0 aliphatic rings. The summed E-state index contributed by atoms with van der Waals surface area (Å²) >= 11 is 0.